The van der Waals surface area contributed by atoms with E-state index < -0.39 is 23.3 Å². The Morgan fingerprint density at radius 2 is 2.08 bits per heavy atom. The summed E-state index contributed by atoms with van der Waals surface area (Å²) in [7, 11) is 0. The van der Waals surface area contributed by atoms with Crippen molar-refractivity contribution in [2.45, 2.75) is 6.92 Å². The molecule has 0 aliphatic carbocycles. The van der Waals surface area contributed by atoms with Gasteiger partial charge in [0.05, 0.1) is 0 Å². The molecule has 1 N–H and O–H groups in total. The molecule has 3 rings (SSSR count). The van der Waals surface area contributed by atoms with Crippen molar-refractivity contribution in [2.75, 3.05) is 11.9 Å². The SMILES string of the molecule is Cc1ccc(-c2cc(NC(=O)COc3cccnc3[N+](=O)[O-])on2)cc1. The lowest BCUT2D eigenvalue weighted by molar-refractivity contribution is -0.390. The number of carbonyl (C=O) groups is 1. The van der Waals surface area contributed by atoms with Crippen LogP contribution in [0.3, 0.4) is 0 Å². The van der Waals surface area contributed by atoms with Crippen LogP contribution in [0, 0.1) is 17.0 Å². The highest BCUT2D eigenvalue weighted by Gasteiger charge is 2.17. The van der Waals surface area contributed by atoms with E-state index in [1.807, 2.05) is 31.2 Å². The zero-order valence-electron chi connectivity index (χ0n) is 13.7. The van der Waals surface area contributed by atoms with Crippen molar-refractivity contribution in [3.8, 4) is 17.0 Å². The third-order valence-corrected chi connectivity index (χ3v) is 3.40. The summed E-state index contributed by atoms with van der Waals surface area (Å²) in [5.41, 5.74) is 2.54. The number of pyridine rings is 1. The molecule has 1 amide bonds. The standard InChI is InChI=1S/C17H14N4O5/c1-11-4-6-12(7-5-11)13-9-16(26-20-13)19-15(22)10-25-14-3-2-8-18-17(14)21(23)24/h2-9H,10H2,1H3,(H,19,22). The predicted octanol–water partition coefficient (Wildman–Crippen LogP) is 2.97. The van der Waals surface area contributed by atoms with Gasteiger partial charge in [0.25, 0.3) is 5.91 Å². The van der Waals surface area contributed by atoms with Gasteiger partial charge in [-0.15, -0.1) is 0 Å². The van der Waals surface area contributed by atoms with Crippen molar-refractivity contribution in [1.82, 2.24) is 10.1 Å². The van der Waals surface area contributed by atoms with Crippen molar-refractivity contribution >= 4 is 17.6 Å². The number of aryl methyl sites for hydroxylation is 1. The number of nitrogens with one attached hydrogen (secondary N) is 1. The van der Waals surface area contributed by atoms with Gasteiger partial charge in [0.15, 0.2) is 6.61 Å². The van der Waals surface area contributed by atoms with Gasteiger partial charge < -0.3 is 19.4 Å². The number of hydrogen-bond acceptors (Lipinski definition) is 7. The Hall–Kier alpha value is -3.75. The highest BCUT2D eigenvalue weighted by atomic mass is 16.6. The average molecular weight is 354 g/mol. The second-order valence-corrected chi connectivity index (χ2v) is 5.36. The summed E-state index contributed by atoms with van der Waals surface area (Å²) in [5, 5.41) is 17.2. The number of carbonyl (C=O) groups excluding carboxylic acids is 1. The first-order chi connectivity index (χ1) is 12.5. The highest BCUT2D eigenvalue weighted by Crippen LogP contribution is 2.24. The Balaban J connectivity index is 1.61. The molecule has 3 aromatic rings. The number of anilines is 1. The van der Waals surface area contributed by atoms with Crippen molar-refractivity contribution in [3.63, 3.8) is 0 Å². The van der Waals surface area contributed by atoms with Crippen LogP contribution in [0.2, 0.25) is 0 Å². The van der Waals surface area contributed by atoms with Gasteiger partial charge >= 0.3 is 5.82 Å². The van der Waals surface area contributed by atoms with Gasteiger partial charge in [-0.05, 0) is 29.0 Å². The van der Waals surface area contributed by atoms with Gasteiger partial charge in [0, 0.05) is 11.6 Å². The maximum Gasteiger partial charge on any atom is 0.406 e. The van der Waals surface area contributed by atoms with E-state index in [1.165, 1.54) is 18.3 Å². The van der Waals surface area contributed by atoms with Gasteiger partial charge in [-0.3, -0.25) is 10.1 Å². The Kier molecular flexibility index (Phi) is 4.88. The molecule has 0 aliphatic heterocycles. The molecule has 0 atom stereocenters. The first-order valence-corrected chi connectivity index (χ1v) is 7.59. The fraction of sp³-hybridized carbons (Fsp3) is 0.118. The Morgan fingerprint density at radius 1 is 1.31 bits per heavy atom. The molecular weight excluding hydrogens is 340 g/mol. The maximum absolute atomic E-state index is 11.9. The first-order valence-electron chi connectivity index (χ1n) is 7.59. The van der Waals surface area contributed by atoms with E-state index in [0.717, 1.165) is 11.1 Å². The molecule has 0 radical (unpaired) electrons. The average Bonchev–Trinajstić information content (AvgIpc) is 3.09. The van der Waals surface area contributed by atoms with Crippen molar-refractivity contribution in [2.24, 2.45) is 0 Å². The Morgan fingerprint density at radius 3 is 2.81 bits per heavy atom. The number of ether oxygens (including phenoxy) is 1. The number of nitro groups is 1. The van der Waals surface area contributed by atoms with Gasteiger partial charge in [0.1, 0.15) is 11.9 Å². The van der Waals surface area contributed by atoms with Crippen LogP contribution in [0.4, 0.5) is 11.7 Å². The Labute approximate surface area is 147 Å². The lowest BCUT2D eigenvalue weighted by atomic mass is 10.1. The minimum Gasteiger partial charge on any atom is -0.476 e. The van der Waals surface area contributed by atoms with Gasteiger partial charge in [-0.2, -0.15) is 0 Å². The third kappa shape index (κ3) is 4.01. The molecule has 0 fully saturated rings. The van der Waals surface area contributed by atoms with Crippen molar-refractivity contribution in [1.29, 1.82) is 0 Å². The molecule has 0 bridgehead atoms. The number of hydrogen-bond donors (Lipinski definition) is 1. The summed E-state index contributed by atoms with van der Waals surface area (Å²) in [6, 6.07) is 12.1. The van der Waals surface area contributed by atoms with Crippen LogP contribution in [0.1, 0.15) is 5.56 Å². The second kappa shape index (κ2) is 7.43. The molecule has 1 aromatic carbocycles. The molecule has 0 saturated carbocycles. The van der Waals surface area contributed by atoms with Crippen LogP contribution in [-0.4, -0.2) is 27.6 Å². The number of rotatable bonds is 6. The van der Waals surface area contributed by atoms with Crippen LogP contribution in [0.15, 0.2) is 53.2 Å². The van der Waals surface area contributed by atoms with E-state index in [-0.39, 0.29) is 11.6 Å². The quantitative estimate of drug-likeness (QED) is 0.533. The fourth-order valence-electron chi connectivity index (χ4n) is 2.14. The van der Waals surface area contributed by atoms with E-state index in [4.69, 9.17) is 9.26 Å². The summed E-state index contributed by atoms with van der Waals surface area (Å²) in [6.45, 7) is 1.54. The molecule has 0 unspecified atom stereocenters. The molecule has 9 nitrogen and oxygen atoms in total. The number of aromatic nitrogens is 2. The molecule has 132 valence electrons. The van der Waals surface area contributed by atoms with E-state index >= 15 is 0 Å². The molecule has 2 heterocycles. The van der Waals surface area contributed by atoms with E-state index in [1.54, 1.807) is 6.07 Å². The molecule has 0 spiro atoms. The lowest BCUT2D eigenvalue weighted by Crippen LogP contribution is -2.20. The number of benzene rings is 1. The third-order valence-electron chi connectivity index (χ3n) is 3.40. The minimum atomic E-state index is -0.683. The molecule has 26 heavy (non-hydrogen) atoms. The van der Waals surface area contributed by atoms with Crippen LogP contribution in [-0.2, 0) is 4.79 Å². The molecule has 0 saturated heterocycles. The van der Waals surface area contributed by atoms with Gasteiger partial charge in [0.2, 0.25) is 11.6 Å². The molecule has 0 aliphatic rings. The van der Waals surface area contributed by atoms with Gasteiger partial charge in [-0.25, -0.2) is 0 Å². The summed E-state index contributed by atoms with van der Waals surface area (Å²) >= 11 is 0. The normalized spacial score (nSPS) is 10.3. The van der Waals surface area contributed by atoms with Crippen LogP contribution < -0.4 is 10.1 Å². The topological polar surface area (TPSA) is 120 Å². The summed E-state index contributed by atoms with van der Waals surface area (Å²) in [5.74, 6) is -0.947. The van der Waals surface area contributed by atoms with E-state index in [9.17, 15) is 14.9 Å². The molecule has 2 aromatic heterocycles. The van der Waals surface area contributed by atoms with Gasteiger partial charge in [-0.1, -0.05) is 35.0 Å². The lowest BCUT2D eigenvalue weighted by Gasteiger charge is -2.05. The van der Waals surface area contributed by atoms with Crippen molar-refractivity contribution in [3.05, 3.63) is 64.3 Å². The minimum absolute atomic E-state index is 0.0921. The first kappa shape index (κ1) is 17.1. The number of amides is 1. The smallest absolute Gasteiger partial charge is 0.406 e. The summed E-state index contributed by atoms with van der Waals surface area (Å²) in [4.78, 5) is 25.7. The summed E-state index contributed by atoms with van der Waals surface area (Å²) in [6.07, 6.45) is 1.27. The summed E-state index contributed by atoms with van der Waals surface area (Å²) < 4.78 is 10.2. The van der Waals surface area contributed by atoms with E-state index in [2.05, 4.69) is 15.5 Å². The second-order valence-electron chi connectivity index (χ2n) is 5.36. The highest BCUT2D eigenvalue weighted by molar-refractivity contribution is 5.91. The predicted molar refractivity (Wildman–Crippen MR) is 91.7 cm³/mol. The number of nitrogens with zero attached hydrogens (tertiary/aromatic N) is 3. The van der Waals surface area contributed by atoms with Crippen LogP contribution in [0.25, 0.3) is 11.3 Å². The zero-order chi connectivity index (χ0) is 18.5. The Bertz CT molecular complexity index is 936. The maximum atomic E-state index is 11.9. The zero-order valence-corrected chi connectivity index (χ0v) is 13.7. The molecule has 9 heteroatoms. The monoisotopic (exact) mass is 354 g/mol. The fourth-order valence-corrected chi connectivity index (χ4v) is 2.14. The van der Waals surface area contributed by atoms with Crippen LogP contribution >= 0.6 is 0 Å². The van der Waals surface area contributed by atoms with Crippen molar-refractivity contribution < 1.29 is 19.0 Å². The largest absolute Gasteiger partial charge is 0.476 e. The molecular formula is C17H14N4O5. The van der Waals surface area contributed by atoms with Crippen LogP contribution in [0.5, 0.6) is 5.75 Å². The van der Waals surface area contributed by atoms with E-state index in [0.29, 0.717) is 5.69 Å².